The Balaban J connectivity index is 1.67. The van der Waals surface area contributed by atoms with Crippen molar-refractivity contribution in [2.75, 3.05) is 39.0 Å². The summed E-state index contributed by atoms with van der Waals surface area (Å²) in [6.45, 7) is 2.06. The van der Waals surface area contributed by atoms with E-state index in [0.29, 0.717) is 29.0 Å². The van der Waals surface area contributed by atoms with Crippen molar-refractivity contribution in [1.82, 2.24) is 25.3 Å². The summed E-state index contributed by atoms with van der Waals surface area (Å²) in [5, 5.41) is 12.4. The number of anilines is 1. The fourth-order valence-corrected chi connectivity index (χ4v) is 4.07. The Morgan fingerprint density at radius 1 is 1.28 bits per heavy atom. The molecule has 3 rings (SSSR count). The predicted molar refractivity (Wildman–Crippen MR) is 126 cm³/mol. The first-order valence-electron chi connectivity index (χ1n) is 10.3. The Hall–Kier alpha value is -2.43. The molecule has 0 bridgehead atoms. The summed E-state index contributed by atoms with van der Waals surface area (Å²) in [7, 11) is 3.92. The number of hydrogen-bond acceptors (Lipinski definition) is 5. The fraction of sp³-hybridized carbons (Fsp3) is 0.429. The van der Waals surface area contributed by atoms with Gasteiger partial charge in [-0.1, -0.05) is 23.7 Å². The molecule has 0 spiro atoms. The standard InChI is InChI=1S/C21H26BrClN6O3/c1-28(2)11-12-29-10-6-5-9-15(21(29)32)24-20(31)17-16(22)18(27-26-17)25-19(30)13-7-3-4-8-14(13)23/h3-4,7-8,15H,5-6,9-12H2,1-2H3,(H,24,31)(H2,25,26,27,30)/t15-/m1/s1. The molecule has 11 heteroatoms. The van der Waals surface area contributed by atoms with Crippen LogP contribution < -0.4 is 10.6 Å². The van der Waals surface area contributed by atoms with E-state index in [-0.39, 0.29) is 23.0 Å². The zero-order valence-electron chi connectivity index (χ0n) is 18.0. The SMILES string of the molecule is CN(C)CCN1CCCC[C@@H](NC(=O)c2[nH]nc(NC(=O)c3ccccc3Cl)c2Br)C1=O. The van der Waals surface area contributed by atoms with Crippen molar-refractivity contribution in [3.63, 3.8) is 0 Å². The van der Waals surface area contributed by atoms with Gasteiger partial charge in [-0.25, -0.2) is 0 Å². The van der Waals surface area contributed by atoms with Gasteiger partial charge in [0, 0.05) is 19.6 Å². The first-order chi connectivity index (χ1) is 15.3. The number of carbonyl (C=O) groups is 3. The van der Waals surface area contributed by atoms with E-state index in [1.54, 1.807) is 29.2 Å². The van der Waals surface area contributed by atoms with Crippen LogP contribution in [0.5, 0.6) is 0 Å². The topological polar surface area (TPSA) is 110 Å². The second kappa shape index (κ2) is 10.9. The Morgan fingerprint density at radius 3 is 2.75 bits per heavy atom. The molecule has 3 N–H and O–H groups in total. The van der Waals surface area contributed by atoms with Crippen LogP contribution in [0.25, 0.3) is 0 Å². The van der Waals surface area contributed by atoms with Gasteiger partial charge in [0.25, 0.3) is 11.8 Å². The highest BCUT2D eigenvalue weighted by Crippen LogP contribution is 2.25. The number of likely N-dealkylation sites (tertiary alicyclic amines) is 1. The Bertz CT molecular complexity index is 996. The average molecular weight is 526 g/mol. The molecule has 2 heterocycles. The molecule has 1 aromatic carbocycles. The third-order valence-electron chi connectivity index (χ3n) is 5.19. The van der Waals surface area contributed by atoms with Crippen LogP contribution in [0.1, 0.15) is 40.1 Å². The molecule has 1 atom stereocenters. The number of nitrogens with zero attached hydrogens (tertiary/aromatic N) is 3. The van der Waals surface area contributed by atoms with Crippen molar-refractivity contribution in [3.8, 4) is 0 Å². The van der Waals surface area contributed by atoms with Gasteiger partial charge < -0.3 is 20.4 Å². The van der Waals surface area contributed by atoms with Gasteiger partial charge in [0.2, 0.25) is 5.91 Å². The zero-order valence-corrected chi connectivity index (χ0v) is 20.3. The number of aromatic nitrogens is 2. The molecular formula is C21H26BrClN6O3. The van der Waals surface area contributed by atoms with E-state index in [1.807, 2.05) is 19.0 Å². The molecule has 172 valence electrons. The summed E-state index contributed by atoms with van der Waals surface area (Å²) in [6.07, 6.45) is 2.32. The van der Waals surface area contributed by atoms with Gasteiger partial charge in [0.05, 0.1) is 15.1 Å². The summed E-state index contributed by atoms with van der Waals surface area (Å²) in [4.78, 5) is 42.1. The van der Waals surface area contributed by atoms with Crippen molar-refractivity contribution < 1.29 is 14.4 Å². The smallest absolute Gasteiger partial charge is 0.271 e. The molecule has 0 radical (unpaired) electrons. The number of hydrogen-bond donors (Lipinski definition) is 3. The number of rotatable bonds is 7. The van der Waals surface area contributed by atoms with Crippen molar-refractivity contribution >= 4 is 51.1 Å². The minimum Gasteiger partial charge on any atom is -0.340 e. The molecule has 0 saturated carbocycles. The molecule has 1 fully saturated rings. The van der Waals surface area contributed by atoms with E-state index in [4.69, 9.17) is 11.6 Å². The molecule has 2 aromatic rings. The predicted octanol–water partition coefficient (Wildman–Crippen LogP) is 2.75. The average Bonchev–Trinajstić information content (AvgIpc) is 3.02. The lowest BCUT2D eigenvalue weighted by molar-refractivity contribution is -0.132. The van der Waals surface area contributed by atoms with Gasteiger partial charge in [-0.05, 0) is 61.4 Å². The lowest BCUT2D eigenvalue weighted by atomic mass is 10.1. The molecule has 1 aliphatic heterocycles. The highest BCUT2D eigenvalue weighted by atomic mass is 79.9. The fourth-order valence-electron chi connectivity index (χ4n) is 3.39. The van der Waals surface area contributed by atoms with Crippen LogP contribution in [0, 0.1) is 0 Å². The highest BCUT2D eigenvalue weighted by Gasteiger charge is 2.30. The number of H-pyrrole nitrogens is 1. The Kier molecular flexibility index (Phi) is 8.27. The minimum absolute atomic E-state index is 0.0828. The van der Waals surface area contributed by atoms with Crippen LogP contribution >= 0.6 is 27.5 Å². The Morgan fingerprint density at radius 2 is 2.03 bits per heavy atom. The van der Waals surface area contributed by atoms with Crippen LogP contribution in [0.15, 0.2) is 28.7 Å². The van der Waals surface area contributed by atoms with Crippen molar-refractivity contribution in [3.05, 3.63) is 45.0 Å². The summed E-state index contributed by atoms with van der Waals surface area (Å²) >= 11 is 9.38. The van der Waals surface area contributed by atoms with Crippen molar-refractivity contribution in [2.45, 2.75) is 25.3 Å². The number of amides is 3. The zero-order chi connectivity index (χ0) is 23.3. The van der Waals surface area contributed by atoms with Gasteiger partial charge in [-0.3, -0.25) is 19.5 Å². The second-order valence-electron chi connectivity index (χ2n) is 7.85. The van der Waals surface area contributed by atoms with E-state index in [2.05, 4.69) is 36.8 Å². The van der Waals surface area contributed by atoms with Gasteiger partial charge >= 0.3 is 0 Å². The van der Waals surface area contributed by atoms with E-state index in [9.17, 15) is 14.4 Å². The molecule has 0 unspecified atom stereocenters. The van der Waals surface area contributed by atoms with E-state index in [0.717, 1.165) is 19.4 Å². The summed E-state index contributed by atoms with van der Waals surface area (Å²) in [6, 6.07) is 6.02. The molecule has 1 aliphatic rings. The molecule has 9 nitrogen and oxygen atoms in total. The van der Waals surface area contributed by atoms with E-state index >= 15 is 0 Å². The number of likely N-dealkylation sites (N-methyl/N-ethyl adjacent to an activating group) is 1. The lowest BCUT2D eigenvalue weighted by Gasteiger charge is -2.26. The van der Waals surface area contributed by atoms with Crippen LogP contribution in [0.2, 0.25) is 5.02 Å². The third-order valence-corrected chi connectivity index (χ3v) is 6.29. The maximum absolute atomic E-state index is 12.9. The van der Waals surface area contributed by atoms with E-state index < -0.39 is 17.9 Å². The molecule has 1 aromatic heterocycles. The monoisotopic (exact) mass is 524 g/mol. The van der Waals surface area contributed by atoms with Gasteiger partial charge in [-0.15, -0.1) is 0 Å². The normalized spacial score (nSPS) is 16.7. The second-order valence-corrected chi connectivity index (χ2v) is 9.05. The van der Waals surface area contributed by atoms with Crippen LogP contribution in [0.3, 0.4) is 0 Å². The number of aromatic amines is 1. The molecular weight excluding hydrogens is 500 g/mol. The largest absolute Gasteiger partial charge is 0.340 e. The van der Waals surface area contributed by atoms with Gasteiger partial charge in [0.1, 0.15) is 11.7 Å². The number of carbonyl (C=O) groups excluding carboxylic acids is 3. The Labute approximate surface area is 200 Å². The highest BCUT2D eigenvalue weighted by molar-refractivity contribution is 9.10. The van der Waals surface area contributed by atoms with Crippen molar-refractivity contribution in [2.24, 2.45) is 0 Å². The van der Waals surface area contributed by atoms with Crippen LogP contribution in [0.4, 0.5) is 5.82 Å². The van der Waals surface area contributed by atoms with Crippen LogP contribution in [-0.2, 0) is 4.79 Å². The van der Waals surface area contributed by atoms with Gasteiger partial charge in [-0.2, -0.15) is 5.10 Å². The molecule has 32 heavy (non-hydrogen) atoms. The minimum atomic E-state index is -0.608. The van der Waals surface area contributed by atoms with Crippen molar-refractivity contribution in [1.29, 1.82) is 0 Å². The summed E-state index contributed by atoms with van der Waals surface area (Å²) in [5.74, 6) is -0.860. The van der Waals surface area contributed by atoms with Crippen LogP contribution in [-0.4, -0.2) is 77.5 Å². The third kappa shape index (κ3) is 5.87. The number of nitrogens with one attached hydrogen (secondary N) is 3. The molecule has 0 aliphatic carbocycles. The number of halogens is 2. The lowest BCUT2D eigenvalue weighted by Crippen LogP contribution is -2.49. The summed E-state index contributed by atoms with van der Waals surface area (Å²) < 4.78 is 0.293. The first-order valence-corrected chi connectivity index (χ1v) is 11.5. The molecule has 3 amide bonds. The summed E-state index contributed by atoms with van der Waals surface area (Å²) in [5.41, 5.74) is 0.410. The van der Waals surface area contributed by atoms with Gasteiger partial charge in [0.15, 0.2) is 5.82 Å². The quantitative estimate of drug-likeness (QED) is 0.515. The first kappa shape index (κ1) is 24.2. The van der Waals surface area contributed by atoms with E-state index in [1.165, 1.54) is 0 Å². The molecule has 1 saturated heterocycles. The maximum atomic E-state index is 12.9. The maximum Gasteiger partial charge on any atom is 0.271 e. The number of benzene rings is 1.